The fourth-order valence-electron chi connectivity index (χ4n) is 1.09. The number of amides is 4. The van der Waals surface area contributed by atoms with Crippen LogP contribution in [0.15, 0.2) is 11.3 Å². The first kappa shape index (κ1) is 16.9. The molecule has 104 valence electrons. The van der Waals surface area contributed by atoms with E-state index in [1.54, 1.807) is 6.07 Å². The summed E-state index contributed by atoms with van der Waals surface area (Å²) >= 11 is 5.49. The van der Waals surface area contributed by atoms with E-state index in [1.807, 2.05) is 10.6 Å². The van der Waals surface area contributed by atoms with Crippen LogP contribution in [0.1, 0.15) is 20.3 Å². The van der Waals surface area contributed by atoms with E-state index in [9.17, 15) is 14.4 Å². The summed E-state index contributed by atoms with van der Waals surface area (Å²) in [6.07, 6.45) is 0.671. The highest BCUT2D eigenvalue weighted by molar-refractivity contribution is 6.17. The van der Waals surface area contributed by atoms with Crippen LogP contribution in [-0.4, -0.2) is 30.3 Å². The molecule has 0 aliphatic carbocycles. The molecule has 0 aliphatic rings. The summed E-state index contributed by atoms with van der Waals surface area (Å²) in [7, 11) is 0. The molecule has 0 aliphatic heterocycles. The molecule has 0 heterocycles. The molecule has 0 fully saturated rings. The number of alkyl halides is 1. The van der Waals surface area contributed by atoms with Crippen molar-refractivity contribution in [1.82, 2.24) is 16.0 Å². The van der Waals surface area contributed by atoms with Gasteiger partial charge >= 0.3 is 6.03 Å². The van der Waals surface area contributed by atoms with Gasteiger partial charge in [-0.3, -0.25) is 20.2 Å². The van der Waals surface area contributed by atoms with E-state index in [1.165, 1.54) is 6.92 Å². The Morgan fingerprint density at radius 3 is 2.32 bits per heavy atom. The van der Waals surface area contributed by atoms with Crippen molar-refractivity contribution >= 4 is 29.4 Å². The first-order chi connectivity index (χ1) is 8.92. The molecule has 0 aromatic heterocycles. The van der Waals surface area contributed by atoms with Gasteiger partial charge in [-0.05, 0) is 13.3 Å². The van der Waals surface area contributed by atoms with Gasteiger partial charge in [-0.2, -0.15) is 5.26 Å². The quantitative estimate of drug-likeness (QED) is 0.293. The summed E-state index contributed by atoms with van der Waals surface area (Å²) in [4.78, 5) is 33.3. The maximum absolute atomic E-state index is 11.6. The van der Waals surface area contributed by atoms with Gasteiger partial charge in [-0.15, -0.1) is 11.6 Å². The second-order valence-corrected chi connectivity index (χ2v) is 3.92. The lowest BCUT2D eigenvalue weighted by Crippen LogP contribution is -2.42. The van der Waals surface area contributed by atoms with Crippen molar-refractivity contribution in [2.45, 2.75) is 20.3 Å². The summed E-state index contributed by atoms with van der Waals surface area (Å²) < 4.78 is 0. The van der Waals surface area contributed by atoms with Crippen LogP contribution in [-0.2, 0) is 9.59 Å². The third-order valence-electron chi connectivity index (χ3n) is 1.93. The second kappa shape index (κ2) is 8.94. The summed E-state index contributed by atoms with van der Waals surface area (Å²) in [6, 6.07) is 0.721. The molecular weight excluding hydrogens is 272 g/mol. The molecule has 0 atom stereocenters. The van der Waals surface area contributed by atoms with Gasteiger partial charge in [0.15, 0.2) is 0 Å². The Kier molecular flexibility index (Phi) is 7.97. The fraction of sp³-hybridized carbons (Fsp3) is 0.455. The molecular formula is C11H15ClN4O3. The van der Waals surface area contributed by atoms with Gasteiger partial charge < -0.3 is 5.32 Å². The van der Waals surface area contributed by atoms with Crippen molar-refractivity contribution in [3.63, 3.8) is 0 Å². The fourth-order valence-corrected chi connectivity index (χ4v) is 1.23. The van der Waals surface area contributed by atoms with Crippen molar-refractivity contribution in [3.8, 4) is 6.07 Å². The monoisotopic (exact) mass is 286 g/mol. The number of imide groups is 2. The number of carbonyl (C=O) groups excluding carboxylic acids is 3. The second-order valence-electron chi connectivity index (χ2n) is 3.55. The highest BCUT2D eigenvalue weighted by Gasteiger charge is 2.16. The Balaban J connectivity index is 4.63. The number of halogens is 1. The van der Waals surface area contributed by atoms with Crippen molar-refractivity contribution in [2.75, 3.05) is 12.4 Å². The van der Waals surface area contributed by atoms with Gasteiger partial charge in [0.2, 0.25) is 5.91 Å². The molecule has 3 N–H and O–H groups in total. The van der Waals surface area contributed by atoms with Crippen molar-refractivity contribution < 1.29 is 14.4 Å². The number of allylic oxidation sites excluding steroid dienone is 1. The number of urea groups is 1. The minimum atomic E-state index is -0.973. The number of nitriles is 1. The summed E-state index contributed by atoms with van der Waals surface area (Å²) in [5, 5.41) is 15.5. The number of nitrogens with one attached hydrogen (secondary N) is 3. The standard InChI is InChI=1S/C11H15ClN4O3/c1-7(14-5-3-4-12)9(6-13)10(18)16-11(19)15-8(2)17/h14H,3-5H2,1-2H3,(H2,15,16,17,18,19)/b9-7-. The highest BCUT2D eigenvalue weighted by atomic mass is 35.5. The smallest absolute Gasteiger partial charge is 0.328 e. The maximum atomic E-state index is 11.6. The number of carbonyl (C=O) groups is 3. The average molecular weight is 287 g/mol. The summed E-state index contributed by atoms with van der Waals surface area (Å²) in [5.74, 6) is -1.03. The average Bonchev–Trinajstić information content (AvgIpc) is 2.28. The third-order valence-corrected chi connectivity index (χ3v) is 2.20. The zero-order valence-corrected chi connectivity index (χ0v) is 11.4. The van der Waals surface area contributed by atoms with Crippen molar-refractivity contribution in [2.24, 2.45) is 0 Å². The molecule has 0 rings (SSSR count). The Hall–Kier alpha value is -2.07. The normalized spacial score (nSPS) is 10.8. The maximum Gasteiger partial charge on any atom is 0.328 e. The van der Waals surface area contributed by atoms with E-state index in [-0.39, 0.29) is 5.57 Å². The van der Waals surface area contributed by atoms with E-state index in [2.05, 4.69) is 5.32 Å². The largest absolute Gasteiger partial charge is 0.387 e. The number of hydrogen-bond acceptors (Lipinski definition) is 5. The number of nitrogens with zero attached hydrogens (tertiary/aromatic N) is 1. The summed E-state index contributed by atoms with van der Waals surface area (Å²) in [5.41, 5.74) is 0.106. The van der Waals surface area contributed by atoms with Gasteiger partial charge in [-0.25, -0.2) is 4.79 Å². The molecule has 0 bridgehead atoms. The molecule has 8 heteroatoms. The van der Waals surface area contributed by atoms with Crippen LogP contribution in [0.2, 0.25) is 0 Å². The minimum absolute atomic E-state index is 0.228. The van der Waals surface area contributed by atoms with Crippen LogP contribution < -0.4 is 16.0 Å². The first-order valence-corrected chi connectivity index (χ1v) is 5.99. The first-order valence-electron chi connectivity index (χ1n) is 5.46. The molecule has 0 saturated heterocycles. The molecule has 0 aromatic carbocycles. The van der Waals surface area contributed by atoms with E-state index in [0.717, 1.165) is 6.92 Å². The lowest BCUT2D eigenvalue weighted by Gasteiger charge is -2.08. The molecule has 0 aromatic rings. The van der Waals surface area contributed by atoms with E-state index < -0.39 is 17.8 Å². The Morgan fingerprint density at radius 1 is 1.21 bits per heavy atom. The summed E-state index contributed by atoms with van der Waals surface area (Å²) in [6.45, 7) is 3.17. The topological polar surface area (TPSA) is 111 Å². The predicted octanol–water partition coefficient (Wildman–Crippen LogP) is 0.375. The van der Waals surface area contributed by atoms with Crippen LogP contribution >= 0.6 is 11.6 Å². The molecule has 0 spiro atoms. The third kappa shape index (κ3) is 7.06. The Bertz CT molecular complexity index is 440. The van der Waals surface area contributed by atoms with Crippen LogP contribution in [0.25, 0.3) is 0 Å². The van der Waals surface area contributed by atoms with Gasteiger partial charge in [0.25, 0.3) is 5.91 Å². The van der Waals surface area contributed by atoms with Gasteiger partial charge in [0.1, 0.15) is 11.6 Å². The molecule has 0 unspecified atom stereocenters. The molecule has 0 saturated carbocycles. The van der Waals surface area contributed by atoms with E-state index in [4.69, 9.17) is 16.9 Å². The lowest BCUT2D eigenvalue weighted by atomic mass is 10.2. The van der Waals surface area contributed by atoms with Crippen LogP contribution in [0.4, 0.5) is 4.79 Å². The van der Waals surface area contributed by atoms with Crippen LogP contribution in [0.5, 0.6) is 0 Å². The minimum Gasteiger partial charge on any atom is -0.387 e. The Morgan fingerprint density at radius 2 is 1.84 bits per heavy atom. The van der Waals surface area contributed by atoms with Gasteiger partial charge in [0.05, 0.1) is 0 Å². The molecule has 7 nitrogen and oxygen atoms in total. The van der Waals surface area contributed by atoms with Crippen LogP contribution in [0, 0.1) is 11.3 Å². The van der Waals surface area contributed by atoms with Crippen molar-refractivity contribution in [1.29, 1.82) is 5.26 Å². The Labute approximate surface area is 116 Å². The molecule has 0 radical (unpaired) electrons. The van der Waals surface area contributed by atoms with Crippen molar-refractivity contribution in [3.05, 3.63) is 11.3 Å². The predicted molar refractivity (Wildman–Crippen MR) is 69.0 cm³/mol. The van der Waals surface area contributed by atoms with Crippen LogP contribution in [0.3, 0.4) is 0 Å². The zero-order valence-electron chi connectivity index (χ0n) is 10.7. The molecule has 4 amide bonds. The van der Waals surface area contributed by atoms with E-state index in [0.29, 0.717) is 24.5 Å². The van der Waals surface area contributed by atoms with E-state index >= 15 is 0 Å². The SMILES string of the molecule is CC(=O)NC(=O)NC(=O)/C(C#N)=C(/C)NCCCCl. The molecule has 19 heavy (non-hydrogen) atoms. The van der Waals surface area contributed by atoms with Gasteiger partial charge in [-0.1, -0.05) is 0 Å². The number of rotatable bonds is 5. The number of hydrogen-bond donors (Lipinski definition) is 3. The zero-order chi connectivity index (χ0) is 14.8. The van der Waals surface area contributed by atoms with Gasteiger partial charge in [0, 0.05) is 25.0 Å². The highest BCUT2D eigenvalue weighted by Crippen LogP contribution is 2.00. The lowest BCUT2D eigenvalue weighted by molar-refractivity contribution is -0.118.